The van der Waals surface area contributed by atoms with Crippen molar-refractivity contribution in [2.75, 3.05) is 12.4 Å². The molecule has 104 valence electrons. The van der Waals surface area contributed by atoms with Crippen molar-refractivity contribution < 1.29 is 9.53 Å². The highest BCUT2D eigenvalue weighted by Gasteiger charge is 2.16. The predicted octanol–water partition coefficient (Wildman–Crippen LogP) is 2.95. The molecule has 0 spiro atoms. The van der Waals surface area contributed by atoms with Gasteiger partial charge in [-0.3, -0.25) is 4.79 Å². The molecule has 0 aliphatic rings. The highest BCUT2D eigenvalue weighted by Crippen LogP contribution is 2.29. The fourth-order valence-corrected chi connectivity index (χ4v) is 2.70. The van der Waals surface area contributed by atoms with Crippen molar-refractivity contribution in [1.82, 2.24) is 0 Å². The van der Waals surface area contributed by atoms with Crippen LogP contribution >= 0.6 is 23.6 Å². The molecule has 6 heteroatoms. The largest absolute Gasteiger partial charge is 0.495 e. The number of carbonyl (C=O) groups is 1. The van der Waals surface area contributed by atoms with E-state index in [4.69, 9.17) is 22.7 Å². The van der Waals surface area contributed by atoms with Crippen molar-refractivity contribution >= 4 is 40.1 Å². The van der Waals surface area contributed by atoms with Crippen molar-refractivity contribution in [1.29, 1.82) is 0 Å². The summed E-state index contributed by atoms with van der Waals surface area (Å²) in [5.74, 6) is 0.321. The molecule has 0 unspecified atom stereocenters. The summed E-state index contributed by atoms with van der Waals surface area (Å²) in [5, 5.41) is 2.82. The van der Waals surface area contributed by atoms with E-state index >= 15 is 0 Å². The van der Waals surface area contributed by atoms with Gasteiger partial charge in [-0.05, 0) is 31.2 Å². The highest BCUT2D eigenvalue weighted by atomic mass is 32.1. The monoisotopic (exact) mass is 306 g/mol. The summed E-state index contributed by atoms with van der Waals surface area (Å²) in [5.41, 5.74) is 6.77. The molecule has 0 saturated carbocycles. The topological polar surface area (TPSA) is 64.3 Å². The molecule has 2 rings (SSSR count). The molecule has 0 saturated heterocycles. The number of hydrogen-bond donors (Lipinski definition) is 2. The molecule has 4 nitrogen and oxygen atoms in total. The van der Waals surface area contributed by atoms with Crippen molar-refractivity contribution in [3.05, 3.63) is 45.6 Å². The first-order valence-electron chi connectivity index (χ1n) is 5.87. The second-order valence-electron chi connectivity index (χ2n) is 4.11. The van der Waals surface area contributed by atoms with Crippen LogP contribution in [0.1, 0.15) is 20.1 Å². The molecule has 0 atom stereocenters. The van der Waals surface area contributed by atoms with Crippen LogP contribution in [0.3, 0.4) is 0 Å². The average Bonchev–Trinajstić information content (AvgIpc) is 2.85. The Morgan fingerprint density at radius 2 is 2.10 bits per heavy atom. The number of aryl methyl sites for hydroxylation is 1. The molecular formula is C14H14N2O2S2. The van der Waals surface area contributed by atoms with Gasteiger partial charge in [-0.15, -0.1) is 11.3 Å². The number of anilines is 1. The molecule has 3 N–H and O–H groups in total. The Morgan fingerprint density at radius 1 is 1.35 bits per heavy atom. The Kier molecular flexibility index (Phi) is 4.36. The molecule has 2 aromatic rings. The molecular weight excluding hydrogens is 292 g/mol. The zero-order valence-corrected chi connectivity index (χ0v) is 12.7. The van der Waals surface area contributed by atoms with Gasteiger partial charge in [0.05, 0.1) is 17.7 Å². The Morgan fingerprint density at radius 3 is 2.65 bits per heavy atom. The van der Waals surface area contributed by atoms with E-state index in [9.17, 15) is 4.79 Å². The highest BCUT2D eigenvalue weighted by molar-refractivity contribution is 7.80. The first kappa shape index (κ1) is 14.5. The fourth-order valence-electron chi connectivity index (χ4n) is 1.77. The number of nitrogens with one attached hydrogen (secondary N) is 1. The lowest BCUT2D eigenvalue weighted by Gasteiger charge is -2.13. The number of rotatable bonds is 4. The van der Waals surface area contributed by atoms with E-state index in [1.807, 2.05) is 13.0 Å². The summed E-state index contributed by atoms with van der Waals surface area (Å²) in [6.07, 6.45) is 0. The normalized spacial score (nSPS) is 10.1. The summed E-state index contributed by atoms with van der Waals surface area (Å²) in [7, 11) is 1.53. The number of thiocarbonyl (C=S) groups is 1. The number of hydrogen-bond acceptors (Lipinski definition) is 4. The first-order chi connectivity index (χ1) is 9.52. The van der Waals surface area contributed by atoms with E-state index in [1.165, 1.54) is 18.4 Å². The number of nitrogens with two attached hydrogens (primary N) is 1. The van der Waals surface area contributed by atoms with Crippen LogP contribution in [0.4, 0.5) is 5.69 Å². The second-order valence-corrected chi connectivity index (χ2v) is 5.84. The molecule has 0 radical (unpaired) electrons. The molecule has 1 heterocycles. The van der Waals surface area contributed by atoms with Crippen LogP contribution in [0.5, 0.6) is 5.75 Å². The molecule has 0 aliphatic carbocycles. The smallest absolute Gasteiger partial charge is 0.265 e. The van der Waals surface area contributed by atoms with Gasteiger partial charge in [-0.1, -0.05) is 18.3 Å². The van der Waals surface area contributed by atoms with Gasteiger partial charge in [0.1, 0.15) is 10.7 Å². The molecule has 1 aromatic heterocycles. The lowest BCUT2D eigenvalue weighted by molar-refractivity contribution is 0.103. The summed E-state index contributed by atoms with van der Waals surface area (Å²) in [6.45, 7) is 1.95. The van der Waals surface area contributed by atoms with E-state index in [2.05, 4.69) is 5.32 Å². The van der Waals surface area contributed by atoms with Gasteiger partial charge in [0.25, 0.3) is 5.91 Å². The number of methoxy groups -OCH3 is 1. The number of carbonyl (C=O) groups excluding carboxylic acids is 1. The van der Waals surface area contributed by atoms with Crippen LogP contribution in [0.15, 0.2) is 30.3 Å². The van der Waals surface area contributed by atoms with E-state index in [1.54, 1.807) is 24.3 Å². The van der Waals surface area contributed by atoms with Gasteiger partial charge >= 0.3 is 0 Å². The lowest BCUT2D eigenvalue weighted by atomic mass is 10.1. The van der Waals surface area contributed by atoms with Crippen LogP contribution in [-0.4, -0.2) is 18.0 Å². The second kappa shape index (κ2) is 6.02. The summed E-state index contributed by atoms with van der Waals surface area (Å²) in [4.78, 5) is 14.1. The predicted molar refractivity (Wildman–Crippen MR) is 85.9 cm³/mol. The Labute approximate surface area is 126 Å². The summed E-state index contributed by atoms with van der Waals surface area (Å²) in [6, 6.07) is 8.96. The average molecular weight is 306 g/mol. The molecule has 0 bridgehead atoms. The lowest BCUT2D eigenvalue weighted by Crippen LogP contribution is -2.17. The zero-order valence-electron chi connectivity index (χ0n) is 11.1. The van der Waals surface area contributed by atoms with Crippen molar-refractivity contribution in [3.63, 3.8) is 0 Å². The van der Waals surface area contributed by atoms with Crippen LogP contribution in [0, 0.1) is 6.92 Å². The van der Waals surface area contributed by atoms with Crippen molar-refractivity contribution in [3.8, 4) is 5.75 Å². The SMILES string of the molecule is COc1cccc(C(N)=S)c1NC(=O)c1ccc(C)s1. The fraction of sp³-hybridized carbons (Fsp3) is 0.143. The van der Waals surface area contributed by atoms with Gasteiger partial charge < -0.3 is 15.8 Å². The van der Waals surface area contributed by atoms with Crippen LogP contribution < -0.4 is 15.8 Å². The summed E-state index contributed by atoms with van der Waals surface area (Å²) < 4.78 is 5.25. The first-order valence-corrected chi connectivity index (χ1v) is 7.10. The van der Waals surface area contributed by atoms with Gasteiger partial charge in [0, 0.05) is 10.4 Å². The minimum Gasteiger partial charge on any atom is -0.495 e. The third kappa shape index (κ3) is 2.97. The maximum atomic E-state index is 12.2. The van der Waals surface area contributed by atoms with E-state index in [0.29, 0.717) is 21.9 Å². The Bertz CT molecular complexity index is 665. The van der Waals surface area contributed by atoms with Crippen molar-refractivity contribution in [2.24, 2.45) is 5.73 Å². The number of para-hydroxylation sites is 1. The van der Waals surface area contributed by atoms with Crippen LogP contribution in [0.25, 0.3) is 0 Å². The standard InChI is InChI=1S/C14H14N2O2S2/c1-8-6-7-11(20-8)14(17)16-12-9(13(15)19)4-3-5-10(12)18-2/h3-7H,1-2H3,(H2,15,19)(H,16,17). The Balaban J connectivity index is 2.37. The van der Waals surface area contributed by atoms with Crippen molar-refractivity contribution in [2.45, 2.75) is 6.92 Å². The number of amides is 1. The van der Waals surface area contributed by atoms with Gasteiger partial charge in [-0.2, -0.15) is 0 Å². The summed E-state index contributed by atoms with van der Waals surface area (Å²) >= 11 is 6.43. The quantitative estimate of drug-likeness (QED) is 0.852. The van der Waals surface area contributed by atoms with Crippen LogP contribution in [0.2, 0.25) is 0 Å². The zero-order chi connectivity index (χ0) is 14.7. The maximum Gasteiger partial charge on any atom is 0.265 e. The van der Waals surface area contributed by atoms with E-state index < -0.39 is 0 Å². The Hall–Kier alpha value is -1.92. The van der Waals surface area contributed by atoms with Crippen LogP contribution in [-0.2, 0) is 0 Å². The third-order valence-electron chi connectivity index (χ3n) is 2.71. The van der Waals surface area contributed by atoms with Gasteiger partial charge in [-0.25, -0.2) is 0 Å². The molecule has 1 amide bonds. The molecule has 20 heavy (non-hydrogen) atoms. The number of thiophene rings is 1. The minimum atomic E-state index is -0.204. The third-order valence-corrected chi connectivity index (χ3v) is 3.93. The number of ether oxygens (including phenoxy) is 1. The maximum absolute atomic E-state index is 12.2. The number of benzene rings is 1. The minimum absolute atomic E-state index is 0.204. The molecule has 0 aliphatic heterocycles. The van der Waals surface area contributed by atoms with E-state index in [-0.39, 0.29) is 10.9 Å². The molecule has 1 aromatic carbocycles. The van der Waals surface area contributed by atoms with Gasteiger partial charge in [0.2, 0.25) is 0 Å². The molecule has 0 fully saturated rings. The van der Waals surface area contributed by atoms with E-state index in [0.717, 1.165) is 4.88 Å². The van der Waals surface area contributed by atoms with Gasteiger partial charge in [0.15, 0.2) is 0 Å².